The summed E-state index contributed by atoms with van der Waals surface area (Å²) < 4.78 is 46.0. The monoisotopic (exact) mass is 686 g/mol. The molecule has 8 rings (SSSR count). The summed E-state index contributed by atoms with van der Waals surface area (Å²) in [6, 6.07) is 8.29. The molecule has 0 spiro atoms. The number of sulfone groups is 1. The van der Waals surface area contributed by atoms with Gasteiger partial charge in [-0.25, -0.2) is 13.4 Å². The summed E-state index contributed by atoms with van der Waals surface area (Å²) in [5, 5.41) is 8.67. The maximum absolute atomic E-state index is 14.2. The van der Waals surface area contributed by atoms with Crippen LogP contribution in [0, 0.1) is 11.8 Å². The number of aryl methyl sites for hydroxylation is 2. The third-order valence-corrected chi connectivity index (χ3v) is 13.0. The summed E-state index contributed by atoms with van der Waals surface area (Å²) in [5.74, 6) is 1.34. The Balaban J connectivity index is 1.32. The van der Waals surface area contributed by atoms with E-state index in [2.05, 4.69) is 46.4 Å². The molecule has 0 saturated carbocycles. The van der Waals surface area contributed by atoms with Crippen LogP contribution in [0.15, 0.2) is 46.1 Å². The lowest BCUT2D eigenvalue weighted by Gasteiger charge is -2.23. The number of thiophene rings is 1. The van der Waals surface area contributed by atoms with Gasteiger partial charge in [0, 0.05) is 47.7 Å². The molecule has 7 heterocycles. The molecule has 1 N–H and O–H groups in total. The molecule has 2 aliphatic heterocycles. The van der Waals surface area contributed by atoms with Crippen molar-refractivity contribution >= 4 is 37.1 Å². The lowest BCUT2D eigenvalue weighted by molar-refractivity contribution is 0.0639. The van der Waals surface area contributed by atoms with Gasteiger partial charge in [0.05, 0.1) is 45.5 Å². The Labute approximate surface area is 283 Å². The third-order valence-electron chi connectivity index (χ3n) is 10.0. The fraction of sp³-hybridized carbons (Fsp3) is 0.457. The molecule has 0 aromatic carbocycles. The van der Waals surface area contributed by atoms with Crippen LogP contribution >= 0.6 is 11.3 Å². The van der Waals surface area contributed by atoms with E-state index >= 15 is 0 Å². The SMILES string of the molecule is COc1noc(-c2c(CCC3CCOCC3)nc3c(c2-c2cc4ccnc(NC5CCc6ncccc65)c4s2)S(=O)(=O)C[C@@H]3C(C)C)n1. The van der Waals surface area contributed by atoms with Gasteiger partial charge in [0.1, 0.15) is 5.82 Å². The number of aromatic nitrogens is 5. The van der Waals surface area contributed by atoms with E-state index in [9.17, 15) is 8.42 Å². The van der Waals surface area contributed by atoms with Gasteiger partial charge in [-0.3, -0.25) is 9.97 Å². The zero-order chi connectivity index (χ0) is 33.0. The normalized spacial score (nSPS) is 20.3. The molecule has 250 valence electrons. The van der Waals surface area contributed by atoms with Crippen LogP contribution in [0.25, 0.3) is 32.0 Å². The van der Waals surface area contributed by atoms with Crippen LogP contribution in [0.3, 0.4) is 0 Å². The van der Waals surface area contributed by atoms with E-state index in [4.69, 9.17) is 24.0 Å². The first-order valence-electron chi connectivity index (χ1n) is 16.6. The van der Waals surface area contributed by atoms with Gasteiger partial charge in [0.15, 0.2) is 9.84 Å². The molecule has 48 heavy (non-hydrogen) atoms. The lowest BCUT2D eigenvalue weighted by Crippen LogP contribution is -2.17. The van der Waals surface area contributed by atoms with Gasteiger partial charge in [-0.1, -0.05) is 19.9 Å². The molecule has 0 amide bonds. The van der Waals surface area contributed by atoms with Crippen LogP contribution in [0.5, 0.6) is 6.01 Å². The molecule has 0 bridgehead atoms. The van der Waals surface area contributed by atoms with E-state index < -0.39 is 9.84 Å². The standard InChI is InChI=1S/C35H38N6O5S2/c1-19(2)23-18-48(42,43)32-29(27-17-21-10-14-37-33(31(21)47-27)39-25-9-8-24-22(25)5-4-13-36-24)28(34-40-35(44-3)41-46-34)26(38-30(23)32)7-6-20-11-15-45-16-12-20/h4-5,10,13-14,17,19-20,23,25H,6-9,11-12,15-16,18H2,1-3H3,(H,37,39)/t23-,25?/m1/s1. The predicted molar refractivity (Wildman–Crippen MR) is 183 cm³/mol. The molecule has 11 nitrogen and oxygen atoms in total. The average molecular weight is 687 g/mol. The Morgan fingerprint density at radius 2 is 1.94 bits per heavy atom. The van der Waals surface area contributed by atoms with E-state index in [1.54, 1.807) is 6.20 Å². The largest absolute Gasteiger partial charge is 0.465 e. The summed E-state index contributed by atoms with van der Waals surface area (Å²) in [5.41, 5.74) is 4.86. The first-order valence-corrected chi connectivity index (χ1v) is 19.1. The molecule has 1 unspecified atom stereocenters. The summed E-state index contributed by atoms with van der Waals surface area (Å²) >= 11 is 1.52. The van der Waals surface area contributed by atoms with Crippen molar-refractivity contribution in [1.82, 2.24) is 25.1 Å². The Kier molecular flexibility index (Phi) is 8.16. The number of nitrogens with zero attached hydrogens (tertiary/aromatic N) is 5. The Morgan fingerprint density at radius 3 is 2.73 bits per heavy atom. The maximum atomic E-state index is 14.2. The Bertz CT molecular complexity index is 2100. The number of rotatable bonds is 9. The summed E-state index contributed by atoms with van der Waals surface area (Å²) in [6.45, 7) is 5.64. The number of anilines is 1. The minimum atomic E-state index is -3.69. The van der Waals surface area contributed by atoms with Gasteiger partial charge in [-0.05, 0) is 84.7 Å². The highest BCUT2D eigenvalue weighted by Gasteiger charge is 2.43. The number of hydrogen-bond donors (Lipinski definition) is 1. The van der Waals surface area contributed by atoms with Crippen molar-refractivity contribution < 1.29 is 22.4 Å². The topological polar surface area (TPSA) is 142 Å². The number of methoxy groups -OCH3 is 1. The van der Waals surface area contributed by atoms with Crippen molar-refractivity contribution in [3.05, 3.63) is 59.3 Å². The Hall–Kier alpha value is -3.94. The predicted octanol–water partition coefficient (Wildman–Crippen LogP) is 6.80. The number of ether oxygens (including phenoxy) is 2. The molecule has 13 heteroatoms. The third kappa shape index (κ3) is 5.55. The number of hydrogen-bond acceptors (Lipinski definition) is 12. The zero-order valence-electron chi connectivity index (χ0n) is 27.2. The highest BCUT2D eigenvalue weighted by Crippen LogP contribution is 2.51. The molecule has 0 radical (unpaired) electrons. The van der Waals surface area contributed by atoms with Crippen molar-refractivity contribution in [3.8, 4) is 27.9 Å². The molecule has 2 atom stereocenters. The van der Waals surface area contributed by atoms with Crippen LogP contribution in [0.1, 0.15) is 74.1 Å². The van der Waals surface area contributed by atoms with Crippen molar-refractivity contribution in [2.24, 2.45) is 11.8 Å². The number of pyridine rings is 3. The van der Waals surface area contributed by atoms with Crippen molar-refractivity contribution in [1.29, 1.82) is 0 Å². The first-order chi connectivity index (χ1) is 23.3. The average Bonchev–Trinajstić information content (AvgIpc) is 3.89. The first kappa shape index (κ1) is 31.3. The van der Waals surface area contributed by atoms with Gasteiger partial charge in [-0.2, -0.15) is 4.98 Å². The van der Waals surface area contributed by atoms with E-state index in [0.717, 1.165) is 77.5 Å². The minimum Gasteiger partial charge on any atom is -0.465 e. The zero-order valence-corrected chi connectivity index (χ0v) is 28.9. The quantitative estimate of drug-likeness (QED) is 0.175. The van der Waals surface area contributed by atoms with E-state index in [-0.39, 0.29) is 40.4 Å². The van der Waals surface area contributed by atoms with Gasteiger partial charge >= 0.3 is 6.01 Å². The highest BCUT2D eigenvalue weighted by atomic mass is 32.2. The van der Waals surface area contributed by atoms with Crippen LogP contribution in [0.4, 0.5) is 5.82 Å². The second kappa shape index (κ2) is 12.5. The molecular weight excluding hydrogens is 649 g/mol. The minimum absolute atomic E-state index is 0.0182. The molecule has 5 aromatic rings. The smallest absolute Gasteiger partial charge is 0.354 e. The summed E-state index contributed by atoms with van der Waals surface area (Å²) in [7, 11) is -2.21. The van der Waals surface area contributed by atoms with Crippen LogP contribution < -0.4 is 10.1 Å². The second-order valence-electron chi connectivity index (χ2n) is 13.3. The number of nitrogens with one attached hydrogen (secondary N) is 1. The summed E-state index contributed by atoms with van der Waals surface area (Å²) in [6.07, 6.45) is 8.99. The second-order valence-corrected chi connectivity index (χ2v) is 16.3. The molecule has 1 fully saturated rings. The number of fused-ring (bicyclic) bond motifs is 3. The van der Waals surface area contributed by atoms with Crippen LogP contribution in [0.2, 0.25) is 0 Å². The van der Waals surface area contributed by atoms with E-state index in [0.29, 0.717) is 29.2 Å². The van der Waals surface area contributed by atoms with Crippen molar-refractivity contribution in [3.63, 3.8) is 0 Å². The molecule has 3 aliphatic rings. The Morgan fingerprint density at radius 1 is 1.08 bits per heavy atom. The molecule has 1 saturated heterocycles. The molecule has 1 aliphatic carbocycles. The summed E-state index contributed by atoms with van der Waals surface area (Å²) in [4.78, 5) is 20.1. The van der Waals surface area contributed by atoms with Gasteiger partial charge in [0.2, 0.25) is 0 Å². The van der Waals surface area contributed by atoms with Gasteiger partial charge < -0.3 is 19.3 Å². The fourth-order valence-corrected chi connectivity index (χ4v) is 10.9. The highest BCUT2D eigenvalue weighted by molar-refractivity contribution is 7.92. The van der Waals surface area contributed by atoms with Gasteiger partial charge in [0.25, 0.3) is 5.89 Å². The van der Waals surface area contributed by atoms with E-state index in [1.165, 1.54) is 24.0 Å². The maximum Gasteiger partial charge on any atom is 0.354 e. The lowest BCUT2D eigenvalue weighted by atomic mass is 9.89. The molecule has 5 aromatic heterocycles. The van der Waals surface area contributed by atoms with Gasteiger partial charge in [-0.15, -0.1) is 11.3 Å². The van der Waals surface area contributed by atoms with Crippen molar-refractivity contribution in [2.45, 2.75) is 69.2 Å². The van der Waals surface area contributed by atoms with E-state index in [1.807, 2.05) is 18.3 Å². The van der Waals surface area contributed by atoms with Crippen LogP contribution in [-0.2, 0) is 27.4 Å². The van der Waals surface area contributed by atoms with Crippen LogP contribution in [-0.4, -0.2) is 59.6 Å². The fourth-order valence-electron chi connectivity index (χ4n) is 7.45. The molecular formula is C35H38N6O5S2. The van der Waals surface area contributed by atoms with Crippen molar-refractivity contribution in [2.75, 3.05) is 31.4 Å².